The molecule has 1 rings (SSSR count). The second-order valence-corrected chi connectivity index (χ2v) is 4.66. The Morgan fingerprint density at radius 1 is 1.33 bits per heavy atom. The van der Waals surface area contributed by atoms with Gasteiger partial charge in [0.05, 0.1) is 6.61 Å². The molecular weight excluding hydrogens is 230 g/mol. The van der Waals surface area contributed by atoms with Gasteiger partial charge in [0.15, 0.2) is 0 Å². The van der Waals surface area contributed by atoms with Crippen molar-refractivity contribution in [2.24, 2.45) is 0 Å². The molecule has 4 nitrogen and oxygen atoms in total. The first kappa shape index (κ1) is 14.5. The topological polar surface area (TPSA) is 58.6 Å². The van der Waals surface area contributed by atoms with Crippen molar-refractivity contribution >= 4 is 5.97 Å². The number of aryl methyl sites for hydroxylation is 1. The number of rotatable bonds is 7. The predicted octanol–water partition coefficient (Wildman–Crippen LogP) is 2.22. The molecule has 0 saturated carbocycles. The Labute approximate surface area is 108 Å². The number of carboxylic acids is 1. The Balaban J connectivity index is 2.38. The van der Waals surface area contributed by atoms with E-state index in [4.69, 9.17) is 9.84 Å². The third kappa shape index (κ3) is 5.19. The van der Waals surface area contributed by atoms with E-state index in [2.05, 4.69) is 5.32 Å². The van der Waals surface area contributed by atoms with Crippen LogP contribution in [0.5, 0.6) is 5.75 Å². The highest BCUT2D eigenvalue weighted by molar-refractivity contribution is 5.73. The largest absolute Gasteiger partial charge is 0.494 e. The molecule has 1 aromatic carbocycles. The second kappa shape index (κ2) is 7.01. The maximum atomic E-state index is 11.0. The van der Waals surface area contributed by atoms with Crippen molar-refractivity contribution < 1.29 is 14.6 Å². The molecule has 0 fully saturated rings. The molecule has 0 aromatic heterocycles. The minimum absolute atomic E-state index is 0.144. The molecule has 0 amide bonds. The van der Waals surface area contributed by atoms with E-state index in [-0.39, 0.29) is 6.04 Å². The summed E-state index contributed by atoms with van der Waals surface area (Å²) in [5, 5.41) is 12.0. The molecule has 100 valence electrons. The fourth-order valence-corrected chi connectivity index (χ4v) is 1.61. The van der Waals surface area contributed by atoms with Gasteiger partial charge in [0, 0.05) is 12.5 Å². The van der Waals surface area contributed by atoms with Crippen molar-refractivity contribution in [3.8, 4) is 5.75 Å². The molecule has 0 aliphatic rings. The number of carbonyl (C=O) groups is 1. The van der Waals surface area contributed by atoms with Crippen LogP contribution in [0, 0.1) is 6.92 Å². The Bertz CT molecular complexity index is 373. The van der Waals surface area contributed by atoms with Crippen molar-refractivity contribution in [3.63, 3.8) is 0 Å². The highest BCUT2D eigenvalue weighted by Gasteiger charge is 2.17. The van der Waals surface area contributed by atoms with Gasteiger partial charge in [-0.25, -0.2) is 0 Å². The molecule has 1 atom stereocenters. The first-order valence-electron chi connectivity index (χ1n) is 6.17. The normalized spacial score (nSPS) is 12.4. The maximum absolute atomic E-state index is 11.0. The van der Waals surface area contributed by atoms with Crippen LogP contribution in [0.4, 0.5) is 0 Å². The lowest BCUT2D eigenvalue weighted by Crippen LogP contribution is -2.41. The summed E-state index contributed by atoms with van der Waals surface area (Å²) in [6.45, 7) is 6.25. The Kier molecular flexibility index (Phi) is 5.65. The molecule has 0 spiro atoms. The summed E-state index contributed by atoms with van der Waals surface area (Å²) in [7, 11) is 0. The summed E-state index contributed by atoms with van der Waals surface area (Å²) < 4.78 is 5.52. The van der Waals surface area contributed by atoms with Crippen LogP contribution < -0.4 is 10.1 Å². The minimum atomic E-state index is -0.837. The van der Waals surface area contributed by atoms with Crippen molar-refractivity contribution in [2.45, 2.75) is 39.3 Å². The molecule has 0 aliphatic carbocycles. The molecule has 1 unspecified atom stereocenters. The number of hydrogen-bond donors (Lipinski definition) is 2. The van der Waals surface area contributed by atoms with Gasteiger partial charge in [-0.05, 0) is 19.1 Å². The van der Waals surface area contributed by atoms with E-state index in [9.17, 15) is 4.79 Å². The Hall–Kier alpha value is -1.55. The summed E-state index contributed by atoms with van der Waals surface area (Å²) in [6, 6.07) is 7.30. The quantitative estimate of drug-likeness (QED) is 0.780. The standard InChI is InChI=1S/C14H21NO3/c1-10(2)15-13(14(16)17)8-9-18-12-6-4-11(3)5-7-12/h4-7,10,13,15H,8-9H2,1-3H3,(H,16,17). The van der Waals surface area contributed by atoms with Gasteiger partial charge in [-0.3, -0.25) is 4.79 Å². The first-order valence-corrected chi connectivity index (χ1v) is 6.17. The number of benzene rings is 1. The van der Waals surface area contributed by atoms with E-state index >= 15 is 0 Å². The monoisotopic (exact) mass is 251 g/mol. The number of aliphatic carboxylic acids is 1. The molecule has 2 N–H and O–H groups in total. The SMILES string of the molecule is Cc1ccc(OCCC(NC(C)C)C(=O)O)cc1. The van der Waals surface area contributed by atoms with Crippen LogP contribution in [0.25, 0.3) is 0 Å². The van der Waals surface area contributed by atoms with Gasteiger partial charge in [-0.2, -0.15) is 0 Å². The van der Waals surface area contributed by atoms with Crippen molar-refractivity contribution in [1.82, 2.24) is 5.32 Å². The van der Waals surface area contributed by atoms with E-state index in [1.165, 1.54) is 5.56 Å². The summed E-state index contributed by atoms with van der Waals surface area (Å²) in [6.07, 6.45) is 0.446. The zero-order valence-electron chi connectivity index (χ0n) is 11.1. The van der Waals surface area contributed by atoms with E-state index in [1.54, 1.807) is 0 Å². The van der Waals surface area contributed by atoms with Crippen LogP contribution >= 0.6 is 0 Å². The van der Waals surface area contributed by atoms with Crippen molar-refractivity contribution in [2.75, 3.05) is 6.61 Å². The third-order valence-corrected chi connectivity index (χ3v) is 2.53. The molecule has 0 heterocycles. The van der Waals surface area contributed by atoms with Crippen LogP contribution in [-0.4, -0.2) is 29.8 Å². The van der Waals surface area contributed by atoms with Crippen LogP contribution in [0.1, 0.15) is 25.8 Å². The summed E-state index contributed by atoms with van der Waals surface area (Å²) >= 11 is 0. The van der Waals surface area contributed by atoms with Crippen LogP contribution in [0.3, 0.4) is 0 Å². The van der Waals surface area contributed by atoms with Crippen LogP contribution in [0.2, 0.25) is 0 Å². The lowest BCUT2D eigenvalue weighted by atomic mass is 10.2. The van der Waals surface area contributed by atoms with E-state index in [1.807, 2.05) is 45.0 Å². The van der Waals surface area contributed by atoms with Gasteiger partial charge in [0.1, 0.15) is 11.8 Å². The number of carboxylic acid groups (broad SMARTS) is 1. The third-order valence-electron chi connectivity index (χ3n) is 2.53. The molecule has 0 radical (unpaired) electrons. The Morgan fingerprint density at radius 2 is 1.94 bits per heavy atom. The molecule has 1 aromatic rings. The molecular formula is C14H21NO3. The first-order chi connectivity index (χ1) is 8.49. The molecule has 0 aliphatic heterocycles. The van der Waals surface area contributed by atoms with E-state index < -0.39 is 12.0 Å². The maximum Gasteiger partial charge on any atom is 0.320 e. The van der Waals surface area contributed by atoms with Gasteiger partial charge in [-0.1, -0.05) is 31.5 Å². The summed E-state index contributed by atoms with van der Waals surface area (Å²) in [4.78, 5) is 11.0. The fourth-order valence-electron chi connectivity index (χ4n) is 1.61. The highest BCUT2D eigenvalue weighted by atomic mass is 16.5. The number of ether oxygens (including phenoxy) is 1. The lowest BCUT2D eigenvalue weighted by Gasteiger charge is -2.17. The summed E-state index contributed by atoms with van der Waals surface area (Å²) in [5.41, 5.74) is 1.17. The van der Waals surface area contributed by atoms with Gasteiger partial charge < -0.3 is 15.2 Å². The zero-order chi connectivity index (χ0) is 13.5. The molecule has 4 heteroatoms. The van der Waals surface area contributed by atoms with Crippen molar-refractivity contribution in [1.29, 1.82) is 0 Å². The average molecular weight is 251 g/mol. The van der Waals surface area contributed by atoms with Crippen molar-refractivity contribution in [3.05, 3.63) is 29.8 Å². The smallest absolute Gasteiger partial charge is 0.320 e. The number of nitrogens with one attached hydrogen (secondary N) is 1. The van der Waals surface area contributed by atoms with Gasteiger partial charge in [0.25, 0.3) is 0 Å². The second-order valence-electron chi connectivity index (χ2n) is 4.66. The molecule has 0 bridgehead atoms. The van der Waals surface area contributed by atoms with E-state index in [0.717, 1.165) is 5.75 Å². The fraction of sp³-hybridized carbons (Fsp3) is 0.500. The average Bonchev–Trinajstić information content (AvgIpc) is 2.29. The lowest BCUT2D eigenvalue weighted by molar-refractivity contribution is -0.140. The minimum Gasteiger partial charge on any atom is -0.494 e. The predicted molar refractivity (Wildman–Crippen MR) is 71.0 cm³/mol. The Morgan fingerprint density at radius 3 is 2.44 bits per heavy atom. The molecule has 0 saturated heterocycles. The van der Waals surface area contributed by atoms with E-state index in [0.29, 0.717) is 13.0 Å². The molecule has 18 heavy (non-hydrogen) atoms. The van der Waals surface area contributed by atoms with Gasteiger partial charge in [-0.15, -0.1) is 0 Å². The van der Waals surface area contributed by atoms with Gasteiger partial charge in [0.2, 0.25) is 0 Å². The highest BCUT2D eigenvalue weighted by Crippen LogP contribution is 2.11. The zero-order valence-corrected chi connectivity index (χ0v) is 11.1. The number of hydrogen-bond acceptors (Lipinski definition) is 3. The van der Waals surface area contributed by atoms with Gasteiger partial charge >= 0.3 is 5.97 Å². The van der Waals surface area contributed by atoms with Crippen LogP contribution in [-0.2, 0) is 4.79 Å². The summed E-state index contributed by atoms with van der Waals surface area (Å²) in [5.74, 6) is -0.0644. The van der Waals surface area contributed by atoms with Crippen LogP contribution in [0.15, 0.2) is 24.3 Å².